The van der Waals surface area contributed by atoms with E-state index in [1.54, 1.807) is 12.1 Å². The number of aryl methyl sites for hydroxylation is 2. The number of benzene rings is 2. The number of para-hydroxylation sites is 1. The van der Waals surface area contributed by atoms with Gasteiger partial charge in [0.05, 0.1) is 0 Å². The van der Waals surface area contributed by atoms with Gasteiger partial charge in [0.25, 0.3) is 5.88 Å². The number of hydrogen-bond donors (Lipinski definition) is 1. The van der Waals surface area contributed by atoms with Gasteiger partial charge in [-0.3, -0.25) is 4.79 Å². The van der Waals surface area contributed by atoms with Crippen molar-refractivity contribution in [3.8, 4) is 11.6 Å². The van der Waals surface area contributed by atoms with Gasteiger partial charge in [-0.2, -0.15) is 0 Å². The molecule has 0 radical (unpaired) electrons. The Labute approximate surface area is 166 Å². The fourth-order valence-electron chi connectivity index (χ4n) is 3.06. The van der Waals surface area contributed by atoms with E-state index in [0.29, 0.717) is 11.4 Å². The summed E-state index contributed by atoms with van der Waals surface area (Å²) in [7, 11) is 0. The molecule has 0 saturated heterocycles. The van der Waals surface area contributed by atoms with Crippen molar-refractivity contribution in [1.82, 2.24) is 19.2 Å². The maximum atomic E-state index is 12.6. The van der Waals surface area contributed by atoms with Gasteiger partial charge in [-0.15, -0.1) is 5.10 Å². The number of carbonyl (C=O) groups excluding carboxylic acids is 1. The van der Waals surface area contributed by atoms with Crippen LogP contribution in [0.2, 0.25) is 0 Å². The Balaban J connectivity index is 1.62. The molecule has 0 atom stereocenters. The fourth-order valence-corrected chi connectivity index (χ4v) is 3.06. The summed E-state index contributed by atoms with van der Waals surface area (Å²) >= 11 is 0. The number of carbonyl (C=O) groups is 1. The molecule has 0 saturated carbocycles. The quantitative estimate of drug-likeness (QED) is 0.567. The molecule has 4 rings (SSSR count). The number of nitrogens with zero attached hydrogens (tertiary/aromatic N) is 4. The Kier molecular flexibility index (Phi) is 4.82. The molecule has 0 unspecified atom stereocenters. The van der Waals surface area contributed by atoms with Crippen LogP contribution in [0.5, 0.6) is 11.6 Å². The van der Waals surface area contributed by atoms with Crippen molar-refractivity contribution in [3.63, 3.8) is 0 Å². The molecule has 8 heteroatoms. The van der Waals surface area contributed by atoms with Crippen LogP contribution in [-0.2, 0) is 11.3 Å². The monoisotopic (exact) mass is 389 g/mol. The van der Waals surface area contributed by atoms with Crippen molar-refractivity contribution >= 4 is 17.2 Å². The first-order valence-corrected chi connectivity index (χ1v) is 9.05. The van der Waals surface area contributed by atoms with Gasteiger partial charge in [-0.05, 0) is 49.2 Å². The highest BCUT2D eigenvalue weighted by molar-refractivity contribution is 5.90. The van der Waals surface area contributed by atoms with Gasteiger partial charge in [0.1, 0.15) is 12.3 Å². The Morgan fingerprint density at radius 1 is 1.10 bits per heavy atom. The Bertz CT molecular complexity index is 1220. The summed E-state index contributed by atoms with van der Waals surface area (Å²) in [6, 6.07) is 14.8. The largest absolute Gasteiger partial charge is 0.436 e. The van der Waals surface area contributed by atoms with Crippen LogP contribution in [-0.4, -0.2) is 25.1 Å². The zero-order chi connectivity index (χ0) is 20.4. The van der Waals surface area contributed by atoms with E-state index in [-0.39, 0.29) is 24.0 Å². The molecule has 0 aliphatic rings. The molecule has 0 bridgehead atoms. The molecule has 1 N–H and O–H groups in total. The predicted octanol–water partition coefficient (Wildman–Crippen LogP) is 2.94. The van der Waals surface area contributed by atoms with E-state index in [1.807, 2.05) is 50.2 Å². The van der Waals surface area contributed by atoms with Crippen LogP contribution >= 0.6 is 0 Å². The smallest absolute Gasteiger partial charge is 0.351 e. The maximum Gasteiger partial charge on any atom is 0.351 e. The average Bonchev–Trinajstić information content (AvgIpc) is 2.98. The number of aromatic nitrogens is 4. The van der Waals surface area contributed by atoms with Gasteiger partial charge >= 0.3 is 5.69 Å². The molecule has 0 aliphatic carbocycles. The zero-order valence-electron chi connectivity index (χ0n) is 16.0. The summed E-state index contributed by atoms with van der Waals surface area (Å²) in [6.07, 6.45) is 2.95. The lowest BCUT2D eigenvalue weighted by molar-refractivity contribution is -0.117. The first-order valence-electron chi connectivity index (χ1n) is 9.05. The minimum atomic E-state index is -0.448. The number of anilines is 1. The highest BCUT2D eigenvalue weighted by Crippen LogP contribution is 2.24. The minimum absolute atomic E-state index is 0.191. The molecule has 1 amide bonds. The van der Waals surface area contributed by atoms with Gasteiger partial charge in [-0.1, -0.05) is 24.3 Å². The average molecular weight is 389 g/mol. The van der Waals surface area contributed by atoms with Gasteiger partial charge in [-0.25, -0.2) is 18.9 Å². The maximum absolute atomic E-state index is 12.6. The van der Waals surface area contributed by atoms with E-state index < -0.39 is 5.69 Å². The van der Waals surface area contributed by atoms with Crippen LogP contribution in [0.1, 0.15) is 11.1 Å². The van der Waals surface area contributed by atoms with E-state index in [4.69, 9.17) is 4.74 Å². The first kappa shape index (κ1) is 18.4. The molecule has 29 heavy (non-hydrogen) atoms. The zero-order valence-corrected chi connectivity index (χ0v) is 16.0. The van der Waals surface area contributed by atoms with Gasteiger partial charge in [0.15, 0.2) is 0 Å². The number of nitrogens with one attached hydrogen (secondary N) is 1. The van der Waals surface area contributed by atoms with Gasteiger partial charge < -0.3 is 10.1 Å². The number of fused-ring (bicyclic) bond motifs is 1. The van der Waals surface area contributed by atoms with Crippen molar-refractivity contribution in [2.75, 3.05) is 5.32 Å². The number of rotatable bonds is 5. The summed E-state index contributed by atoms with van der Waals surface area (Å²) in [5.41, 5.74) is 2.54. The number of amides is 1. The third-order valence-electron chi connectivity index (χ3n) is 4.23. The van der Waals surface area contributed by atoms with E-state index in [0.717, 1.165) is 15.8 Å². The van der Waals surface area contributed by atoms with Crippen LogP contribution in [0.25, 0.3) is 5.65 Å². The number of ether oxygens (including phenoxy) is 1. The van der Waals surface area contributed by atoms with Crippen molar-refractivity contribution < 1.29 is 9.53 Å². The van der Waals surface area contributed by atoms with Crippen LogP contribution in [0.3, 0.4) is 0 Å². The summed E-state index contributed by atoms with van der Waals surface area (Å²) in [6.45, 7) is 3.72. The molecule has 4 aromatic rings. The van der Waals surface area contributed by atoms with Crippen LogP contribution in [0, 0.1) is 13.8 Å². The summed E-state index contributed by atoms with van der Waals surface area (Å²) in [5.74, 6) is 0.440. The molecule has 2 aromatic carbocycles. The topological polar surface area (TPSA) is 90.5 Å². The Hall–Kier alpha value is -3.94. The lowest BCUT2D eigenvalue weighted by atomic mass is 10.1. The molecular weight excluding hydrogens is 370 g/mol. The van der Waals surface area contributed by atoms with E-state index >= 15 is 0 Å². The molecule has 146 valence electrons. The van der Waals surface area contributed by atoms with Crippen LogP contribution in [0.15, 0.2) is 65.7 Å². The Morgan fingerprint density at radius 2 is 1.83 bits per heavy atom. The molecular formula is C21H19N5O3. The predicted molar refractivity (Wildman–Crippen MR) is 108 cm³/mol. The fraction of sp³-hybridized carbons (Fsp3) is 0.143. The van der Waals surface area contributed by atoms with Crippen molar-refractivity contribution in [1.29, 1.82) is 0 Å². The summed E-state index contributed by atoms with van der Waals surface area (Å²) in [5, 5.41) is 6.99. The van der Waals surface area contributed by atoms with E-state index in [1.165, 1.54) is 16.8 Å². The first-order chi connectivity index (χ1) is 14.0. The molecule has 0 fully saturated rings. The minimum Gasteiger partial charge on any atom is -0.436 e. The molecule has 0 spiro atoms. The third-order valence-corrected chi connectivity index (χ3v) is 4.23. The highest BCUT2D eigenvalue weighted by atomic mass is 16.5. The van der Waals surface area contributed by atoms with Crippen LogP contribution in [0.4, 0.5) is 5.69 Å². The summed E-state index contributed by atoms with van der Waals surface area (Å²) in [4.78, 5) is 29.1. The standard InChI is InChI=1S/C21H19N5O3/c1-14-10-15(2)12-17(11-14)29-20-19-24-26(21(28)25(19)9-8-22-20)13-18(27)23-16-6-4-3-5-7-16/h3-12H,13H2,1-2H3,(H,23,27). The van der Waals surface area contributed by atoms with Gasteiger partial charge in [0, 0.05) is 18.1 Å². The lowest BCUT2D eigenvalue weighted by Crippen LogP contribution is -2.28. The van der Waals surface area contributed by atoms with Crippen molar-refractivity contribution in [3.05, 3.63) is 82.5 Å². The second-order valence-corrected chi connectivity index (χ2v) is 6.71. The molecule has 2 heterocycles. The normalized spacial score (nSPS) is 10.8. The highest BCUT2D eigenvalue weighted by Gasteiger charge is 2.16. The van der Waals surface area contributed by atoms with Crippen molar-refractivity contribution in [2.45, 2.75) is 20.4 Å². The van der Waals surface area contributed by atoms with Gasteiger partial charge in [0.2, 0.25) is 11.6 Å². The molecule has 0 aliphatic heterocycles. The van der Waals surface area contributed by atoms with Crippen molar-refractivity contribution in [2.24, 2.45) is 0 Å². The Morgan fingerprint density at radius 3 is 2.55 bits per heavy atom. The number of hydrogen-bond acceptors (Lipinski definition) is 5. The molecule has 2 aromatic heterocycles. The second kappa shape index (κ2) is 7.59. The second-order valence-electron chi connectivity index (χ2n) is 6.71. The lowest BCUT2D eigenvalue weighted by Gasteiger charge is -2.07. The van der Waals surface area contributed by atoms with Crippen LogP contribution < -0.4 is 15.7 Å². The van der Waals surface area contributed by atoms with E-state index in [2.05, 4.69) is 15.4 Å². The molecule has 8 nitrogen and oxygen atoms in total. The van der Waals surface area contributed by atoms with E-state index in [9.17, 15) is 9.59 Å². The summed E-state index contributed by atoms with van der Waals surface area (Å²) < 4.78 is 8.27. The SMILES string of the molecule is Cc1cc(C)cc(Oc2nccn3c(=O)n(CC(=O)Nc4ccccc4)nc23)c1. The third kappa shape index (κ3) is 4.01.